The van der Waals surface area contributed by atoms with Gasteiger partial charge >= 0.3 is 6.09 Å². The Morgan fingerprint density at radius 3 is 2.45 bits per heavy atom. The van der Waals surface area contributed by atoms with Gasteiger partial charge in [-0.3, -0.25) is 4.79 Å². The molecule has 1 heterocycles. The van der Waals surface area contributed by atoms with E-state index in [1.54, 1.807) is 17.0 Å². The fourth-order valence-corrected chi connectivity index (χ4v) is 3.74. The number of benzene rings is 2. The van der Waals surface area contributed by atoms with Crippen LogP contribution in [0.25, 0.3) is 11.1 Å². The molecule has 0 radical (unpaired) electrons. The minimum absolute atomic E-state index is 0.0802. The van der Waals surface area contributed by atoms with Crippen molar-refractivity contribution in [2.24, 2.45) is 5.92 Å². The molecule has 6 heteroatoms. The topological polar surface area (TPSA) is 58.6 Å². The molecule has 0 aromatic heterocycles. The van der Waals surface area contributed by atoms with Gasteiger partial charge in [-0.05, 0) is 69.7 Å². The highest BCUT2D eigenvalue weighted by atomic mass is 19.1. The zero-order valence-corrected chi connectivity index (χ0v) is 18.7. The van der Waals surface area contributed by atoms with E-state index in [0.717, 1.165) is 29.5 Å². The van der Waals surface area contributed by atoms with Gasteiger partial charge in [0.15, 0.2) is 0 Å². The lowest BCUT2D eigenvalue weighted by atomic mass is 9.96. The third-order valence-corrected chi connectivity index (χ3v) is 5.32. The maximum atomic E-state index is 14.8. The van der Waals surface area contributed by atoms with Gasteiger partial charge in [0.25, 0.3) is 5.91 Å². The number of ether oxygens (including phenoxy) is 1. The Morgan fingerprint density at radius 1 is 1.13 bits per heavy atom. The minimum Gasteiger partial charge on any atom is -0.444 e. The van der Waals surface area contributed by atoms with E-state index in [1.807, 2.05) is 52.0 Å². The Hall–Kier alpha value is -2.89. The van der Waals surface area contributed by atoms with Gasteiger partial charge in [0, 0.05) is 19.6 Å². The molecule has 0 saturated carbocycles. The predicted octanol–water partition coefficient (Wildman–Crippen LogP) is 5.18. The van der Waals surface area contributed by atoms with E-state index in [0.29, 0.717) is 19.6 Å². The van der Waals surface area contributed by atoms with Gasteiger partial charge in [-0.1, -0.05) is 35.9 Å². The van der Waals surface area contributed by atoms with Crippen molar-refractivity contribution < 1.29 is 18.7 Å². The quantitative estimate of drug-likeness (QED) is 0.733. The van der Waals surface area contributed by atoms with Crippen molar-refractivity contribution in [2.45, 2.75) is 46.1 Å². The normalized spacial score (nSPS) is 16.7. The van der Waals surface area contributed by atoms with Crippen molar-refractivity contribution in [1.29, 1.82) is 0 Å². The molecule has 1 saturated heterocycles. The monoisotopic (exact) mass is 426 g/mol. The first-order valence-electron chi connectivity index (χ1n) is 10.7. The van der Waals surface area contributed by atoms with Crippen LogP contribution < -0.4 is 5.32 Å². The van der Waals surface area contributed by atoms with Gasteiger partial charge in [0.1, 0.15) is 11.4 Å². The fraction of sp³-hybridized carbons (Fsp3) is 0.440. The molecule has 3 rings (SSSR count). The number of nitrogens with one attached hydrogen (secondary N) is 1. The van der Waals surface area contributed by atoms with Gasteiger partial charge in [-0.2, -0.15) is 0 Å². The van der Waals surface area contributed by atoms with Crippen LogP contribution in [0, 0.1) is 18.7 Å². The molecule has 0 aliphatic carbocycles. The molecule has 1 atom stereocenters. The Kier molecular flexibility index (Phi) is 6.98. The summed E-state index contributed by atoms with van der Waals surface area (Å²) in [6.45, 7) is 8.92. The molecule has 1 fully saturated rings. The van der Waals surface area contributed by atoms with Crippen LogP contribution in [0.2, 0.25) is 0 Å². The second-order valence-electron chi connectivity index (χ2n) is 9.20. The lowest BCUT2D eigenvalue weighted by molar-refractivity contribution is 0.0502. The van der Waals surface area contributed by atoms with Crippen LogP contribution in [0.5, 0.6) is 0 Å². The van der Waals surface area contributed by atoms with Crippen molar-refractivity contribution in [2.75, 3.05) is 19.6 Å². The largest absolute Gasteiger partial charge is 0.444 e. The average Bonchev–Trinajstić information content (AvgIpc) is 2.71. The zero-order valence-electron chi connectivity index (χ0n) is 18.7. The number of carbonyl (C=O) groups excluding carboxylic acids is 2. The number of aryl methyl sites for hydroxylation is 1. The van der Waals surface area contributed by atoms with Crippen LogP contribution in [0.15, 0.2) is 42.5 Å². The first-order chi connectivity index (χ1) is 14.6. The number of halogens is 1. The first kappa shape index (κ1) is 22.8. The highest BCUT2D eigenvalue weighted by molar-refractivity contribution is 5.95. The molecule has 1 aliphatic heterocycles. The molecule has 2 amide bonds. The third-order valence-electron chi connectivity index (χ3n) is 5.32. The van der Waals surface area contributed by atoms with Crippen LogP contribution in [-0.4, -0.2) is 42.1 Å². The van der Waals surface area contributed by atoms with E-state index in [2.05, 4.69) is 5.32 Å². The number of rotatable bonds is 4. The standard InChI is InChI=1S/C25H31FN2O3/c1-17-7-9-19(10-8-17)20-11-12-21(22(26)14-20)23(29)28-13-5-6-18(16-28)15-27-24(30)31-25(2,3)4/h7-12,14,18H,5-6,13,15-16H2,1-4H3,(H,27,30). The number of carbonyl (C=O) groups is 2. The SMILES string of the molecule is Cc1ccc(-c2ccc(C(=O)N3CCCC(CNC(=O)OC(C)(C)C)C3)c(F)c2)cc1. The van der Waals surface area contributed by atoms with Crippen molar-refractivity contribution in [3.63, 3.8) is 0 Å². The van der Waals surface area contributed by atoms with Crippen molar-refractivity contribution in [3.8, 4) is 11.1 Å². The molecule has 31 heavy (non-hydrogen) atoms. The van der Waals surface area contributed by atoms with Crippen LogP contribution in [-0.2, 0) is 4.74 Å². The number of amides is 2. The summed E-state index contributed by atoms with van der Waals surface area (Å²) in [5.41, 5.74) is 2.32. The Labute approximate surface area is 183 Å². The molecule has 1 aliphatic rings. The van der Waals surface area contributed by atoms with E-state index < -0.39 is 17.5 Å². The molecule has 0 bridgehead atoms. The summed E-state index contributed by atoms with van der Waals surface area (Å²) in [6, 6.07) is 12.6. The molecular weight excluding hydrogens is 395 g/mol. The van der Waals surface area contributed by atoms with Gasteiger partial charge in [0.05, 0.1) is 5.56 Å². The summed E-state index contributed by atoms with van der Waals surface area (Å²) in [5, 5.41) is 2.78. The number of hydrogen-bond acceptors (Lipinski definition) is 3. The lowest BCUT2D eigenvalue weighted by Gasteiger charge is -2.33. The number of likely N-dealkylation sites (tertiary alicyclic amines) is 1. The van der Waals surface area contributed by atoms with E-state index in [9.17, 15) is 14.0 Å². The fourth-order valence-electron chi connectivity index (χ4n) is 3.74. The van der Waals surface area contributed by atoms with Gasteiger partial charge < -0.3 is 15.0 Å². The molecule has 5 nitrogen and oxygen atoms in total. The molecule has 2 aromatic rings. The van der Waals surface area contributed by atoms with Crippen LogP contribution >= 0.6 is 0 Å². The Morgan fingerprint density at radius 2 is 1.81 bits per heavy atom. The van der Waals surface area contributed by atoms with Crippen molar-refractivity contribution in [1.82, 2.24) is 10.2 Å². The molecule has 1 unspecified atom stereocenters. The summed E-state index contributed by atoms with van der Waals surface area (Å²) < 4.78 is 20.1. The second kappa shape index (κ2) is 9.50. The summed E-state index contributed by atoms with van der Waals surface area (Å²) in [7, 11) is 0. The summed E-state index contributed by atoms with van der Waals surface area (Å²) in [4.78, 5) is 26.5. The van der Waals surface area contributed by atoms with Crippen molar-refractivity contribution in [3.05, 3.63) is 59.4 Å². The van der Waals surface area contributed by atoms with E-state index in [4.69, 9.17) is 4.74 Å². The lowest BCUT2D eigenvalue weighted by Crippen LogP contribution is -2.44. The highest BCUT2D eigenvalue weighted by Gasteiger charge is 2.27. The molecule has 0 spiro atoms. The zero-order chi connectivity index (χ0) is 22.6. The van der Waals surface area contributed by atoms with E-state index in [1.165, 1.54) is 6.07 Å². The summed E-state index contributed by atoms with van der Waals surface area (Å²) >= 11 is 0. The van der Waals surface area contributed by atoms with Gasteiger partial charge in [0.2, 0.25) is 0 Å². The van der Waals surface area contributed by atoms with Crippen LogP contribution in [0.1, 0.15) is 49.5 Å². The molecule has 2 aromatic carbocycles. The average molecular weight is 427 g/mol. The maximum Gasteiger partial charge on any atom is 0.407 e. The Balaban J connectivity index is 1.62. The van der Waals surface area contributed by atoms with Gasteiger partial charge in [-0.25, -0.2) is 9.18 Å². The Bertz CT molecular complexity index is 935. The number of alkyl carbamates (subject to hydrolysis) is 1. The summed E-state index contributed by atoms with van der Waals surface area (Å²) in [5.74, 6) is -0.716. The highest BCUT2D eigenvalue weighted by Crippen LogP contribution is 2.25. The summed E-state index contributed by atoms with van der Waals surface area (Å²) in [6.07, 6.45) is 1.25. The molecular formula is C25H31FN2O3. The smallest absolute Gasteiger partial charge is 0.407 e. The third kappa shape index (κ3) is 6.29. The maximum absolute atomic E-state index is 14.8. The minimum atomic E-state index is -0.555. The first-order valence-corrected chi connectivity index (χ1v) is 10.7. The number of piperidine rings is 1. The van der Waals surface area contributed by atoms with Crippen LogP contribution in [0.3, 0.4) is 0 Å². The van der Waals surface area contributed by atoms with Crippen molar-refractivity contribution >= 4 is 12.0 Å². The molecule has 166 valence electrons. The van der Waals surface area contributed by atoms with E-state index in [-0.39, 0.29) is 17.4 Å². The van der Waals surface area contributed by atoms with Crippen LogP contribution in [0.4, 0.5) is 9.18 Å². The predicted molar refractivity (Wildman–Crippen MR) is 119 cm³/mol. The molecule has 1 N–H and O–H groups in total. The van der Waals surface area contributed by atoms with E-state index >= 15 is 0 Å². The second-order valence-corrected chi connectivity index (χ2v) is 9.20. The number of nitrogens with zero attached hydrogens (tertiary/aromatic N) is 1. The number of hydrogen-bond donors (Lipinski definition) is 1. The van der Waals surface area contributed by atoms with Gasteiger partial charge in [-0.15, -0.1) is 0 Å².